The molecule has 2 rings (SSSR count). The van der Waals surface area contributed by atoms with Gasteiger partial charge in [0, 0.05) is 13.1 Å². The van der Waals surface area contributed by atoms with Crippen molar-refractivity contribution in [1.29, 1.82) is 0 Å². The lowest BCUT2D eigenvalue weighted by atomic mass is 9.95. The second-order valence-corrected chi connectivity index (χ2v) is 5.15. The van der Waals surface area contributed by atoms with Crippen LogP contribution in [0, 0.1) is 0 Å². The molecule has 0 unspecified atom stereocenters. The van der Waals surface area contributed by atoms with Gasteiger partial charge in [-0.05, 0) is 56.1 Å². The molecule has 18 heavy (non-hydrogen) atoms. The molecule has 0 bridgehead atoms. The van der Waals surface area contributed by atoms with Crippen molar-refractivity contribution >= 4 is 0 Å². The van der Waals surface area contributed by atoms with E-state index in [1.165, 1.54) is 24.0 Å². The molecule has 0 spiro atoms. The Morgan fingerprint density at radius 3 is 3.17 bits per heavy atom. The highest BCUT2D eigenvalue weighted by atomic mass is 15.1. The summed E-state index contributed by atoms with van der Waals surface area (Å²) in [6.45, 7) is 8.14. The Balaban J connectivity index is 1.98. The highest BCUT2D eigenvalue weighted by molar-refractivity contribution is 5.36. The molecule has 1 aromatic carbocycles. The molecule has 1 aromatic rings. The standard InChI is InChI=1S/C16H24N2/c1-3-4-5-11-18(2)13-15-8-6-7-14-12-17-10-9-16(14)15/h3,6-8,17H,1,4-5,9-13H2,2H3. The van der Waals surface area contributed by atoms with E-state index in [0.29, 0.717) is 0 Å². The third kappa shape index (κ3) is 3.44. The Bertz CT molecular complexity index is 398. The third-order valence-electron chi connectivity index (χ3n) is 3.63. The zero-order chi connectivity index (χ0) is 12.8. The van der Waals surface area contributed by atoms with Crippen molar-refractivity contribution in [1.82, 2.24) is 10.2 Å². The summed E-state index contributed by atoms with van der Waals surface area (Å²) >= 11 is 0. The quantitative estimate of drug-likeness (QED) is 0.611. The summed E-state index contributed by atoms with van der Waals surface area (Å²) in [6.07, 6.45) is 5.49. The van der Waals surface area contributed by atoms with Crippen LogP contribution < -0.4 is 5.32 Å². The van der Waals surface area contributed by atoms with Crippen LogP contribution in [0.2, 0.25) is 0 Å². The summed E-state index contributed by atoms with van der Waals surface area (Å²) in [4.78, 5) is 2.42. The average Bonchev–Trinajstić information content (AvgIpc) is 2.39. The Morgan fingerprint density at radius 2 is 2.33 bits per heavy atom. The van der Waals surface area contributed by atoms with E-state index in [2.05, 4.69) is 42.0 Å². The molecule has 0 radical (unpaired) electrons. The Morgan fingerprint density at radius 1 is 1.44 bits per heavy atom. The van der Waals surface area contributed by atoms with Gasteiger partial charge in [-0.25, -0.2) is 0 Å². The smallest absolute Gasteiger partial charge is 0.0233 e. The van der Waals surface area contributed by atoms with Gasteiger partial charge in [0.05, 0.1) is 0 Å². The molecule has 1 N–H and O–H groups in total. The van der Waals surface area contributed by atoms with Crippen LogP contribution in [0.1, 0.15) is 29.5 Å². The highest BCUT2D eigenvalue weighted by Crippen LogP contribution is 2.19. The lowest BCUT2D eigenvalue weighted by Gasteiger charge is -2.23. The van der Waals surface area contributed by atoms with Crippen LogP contribution in [0.4, 0.5) is 0 Å². The Hall–Kier alpha value is -1.12. The molecule has 0 aromatic heterocycles. The first kappa shape index (κ1) is 13.3. The fourth-order valence-corrected chi connectivity index (χ4v) is 2.63. The minimum atomic E-state index is 1.03. The van der Waals surface area contributed by atoms with Crippen molar-refractivity contribution in [2.24, 2.45) is 0 Å². The maximum atomic E-state index is 3.77. The molecule has 0 saturated carbocycles. The molecule has 2 nitrogen and oxygen atoms in total. The molecule has 2 heteroatoms. The minimum absolute atomic E-state index is 1.03. The van der Waals surface area contributed by atoms with Gasteiger partial charge in [-0.1, -0.05) is 24.3 Å². The number of rotatable bonds is 6. The van der Waals surface area contributed by atoms with Crippen LogP contribution in [-0.4, -0.2) is 25.0 Å². The fourth-order valence-electron chi connectivity index (χ4n) is 2.63. The van der Waals surface area contributed by atoms with Crippen LogP contribution in [0.15, 0.2) is 30.9 Å². The number of unbranched alkanes of at least 4 members (excludes halogenated alkanes) is 1. The number of benzene rings is 1. The predicted molar refractivity (Wildman–Crippen MR) is 77.6 cm³/mol. The van der Waals surface area contributed by atoms with E-state index < -0.39 is 0 Å². The lowest BCUT2D eigenvalue weighted by Crippen LogP contribution is -2.26. The summed E-state index contributed by atoms with van der Waals surface area (Å²) in [7, 11) is 2.21. The molecule has 1 heterocycles. The maximum absolute atomic E-state index is 3.77. The van der Waals surface area contributed by atoms with Gasteiger partial charge in [-0.15, -0.1) is 6.58 Å². The van der Waals surface area contributed by atoms with Crippen LogP contribution in [0.3, 0.4) is 0 Å². The molecule has 98 valence electrons. The van der Waals surface area contributed by atoms with Crippen molar-refractivity contribution in [3.05, 3.63) is 47.5 Å². The summed E-state index contributed by atoms with van der Waals surface area (Å²) in [5.41, 5.74) is 4.57. The highest BCUT2D eigenvalue weighted by Gasteiger charge is 2.13. The number of hydrogen-bond donors (Lipinski definition) is 1. The van der Waals surface area contributed by atoms with Crippen LogP contribution >= 0.6 is 0 Å². The predicted octanol–water partition coefficient (Wildman–Crippen LogP) is 2.73. The van der Waals surface area contributed by atoms with Gasteiger partial charge in [-0.3, -0.25) is 0 Å². The van der Waals surface area contributed by atoms with Gasteiger partial charge in [0.1, 0.15) is 0 Å². The van der Waals surface area contributed by atoms with Crippen LogP contribution in [-0.2, 0) is 19.5 Å². The first-order chi connectivity index (χ1) is 8.81. The van der Waals surface area contributed by atoms with Crippen molar-refractivity contribution in [3.63, 3.8) is 0 Å². The van der Waals surface area contributed by atoms with Crippen molar-refractivity contribution in [2.75, 3.05) is 20.1 Å². The second kappa shape index (κ2) is 6.72. The molecule has 0 saturated heterocycles. The summed E-state index contributed by atoms with van der Waals surface area (Å²) < 4.78 is 0. The second-order valence-electron chi connectivity index (χ2n) is 5.15. The molecule has 0 fully saturated rings. The molecule has 1 aliphatic rings. The monoisotopic (exact) mass is 244 g/mol. The van der Waals surface area contributed by atoms with E-state index in [-0.39, 0.29) is 0 Å². The number of nitrogens with one attached hydrogen (secondary N) is 1. The van der Waals surface area contributed by atoms with Gasteiger partial charge >= 0.3 is 0 Å². The van der Waals surface area contributed by atoms with Gasteiger partial charge < -0.3 is 10.2 Å². The van der Waals surface area contributed by atoms with Crippen molar-refractivity contribution in [3.8, 4) is 0 Å². The van der Waals surface area contributed by atoms with Gasteiger partial charge in [0.15, 0.2) is 0 Å². The number of nitrogens with zero attached hydrogens (tertiary/aromatic N) is 1. The number of allylic oxidation sites excluding steroid dienone is 1. The van der Waals surface area contributed by atoms with Crippen LogP contribution in [0.25, 0.3) is 0 Å². The summed E-state index contributed by atoms with van der Waals surface area (Å²) in [5.74, 6) is 0. The van der Waals surface area contributed by atoms with Gasteiger partial charge in [0.25, 0.3) is 0 Å². The molecular weight excluding hydrogens is 220 g/mol. The first-order valence-corrected chi connectivity index (χ1v) is 6.91. The Kier molecular flexibility index (Phi) is 4.97. The van der Waals surface area contributed by atoms with E-state index in [1.807, 2.05) is 6.08 Å². The Labute approximate surface area is 111 Å². The first-order valence-electron chi connectivity index (χ1n) is 6.91. The zero-order valence-electron chi connectivity index (χ0n) is 11.4. The zero-order valence-corrected chi connectivity index (χ0v) is 11.4. The molecule has 0 aliphatic carbocycles. The van der Waals surface area contributed by atoms with E-state index in [0.717, 1.165) is 32.6 Å². The lowest BCUT2D eigenvalue weighted by molar-refractivity contribution is 0.321. The SMILES string of the molecule is C=CCCCN(C)Cc1cccc2c1CCNC2. The topological polar surface area (TPSA) is 15.3 Å². The molecule has 1 aliphatic heterocycles. The van der Waals surface area contributed by atoms with E-state index in [9.17, 15) is 0 Å². The largest absolute Gasteiger partial charge is 0.312 e. The van der Waals surface area contributed by atoms with Crippen LogP contribution in [0.5, 0.6) is 0 Å². The van der Waals surface area contributed by atoms with Gasteiger partial charge in [-0.2, -0.15) is 0 Å². The van der Waals surface area contributed by atoms with E-state index >= 15 is 0 Å². The number of fused-ring (bicyclic) bond motifs is 1. The van der Waals surface area contributed by atoms with E-state index in [4.69, 9.17) is 0 Å². The number of hydrogen-bond acceptors (Lipinski definition) is 2. The minimum Gasteiger partial charge on any atom is -0.312 e. The van der Waals surface area contributed by atoms with E-state index in [1.54, 1.807) is 5.56 Å². The van der Waals surface area contributed by atoms with Gasteiger partial charge in [0.2, 0.25) is 0 Å². The fraction of sp³-hybridized carbons (Fsp3) is 0.500. The average molecular weight is 244 g/mol. The molecule has 0 amide bonds. The maximum Gasteiger partial charge on any atom is 0.0233 e. The van der Waals surface area contributed by atoms with Crippen molar-refractivity contribution in [2.45, 2.75) is 32.4 Å². The third-order valence-corrected chi connectivity index (χ3v) is 3.63. The molecular formula is C16H24N2. The molecule has 0 atom stereocenters. The normalized spacial score (nSPS) is 14.6. The summed E-state index contributed by atoms with van der Waals surface area (Å²) in [6, 6.07) is 6.73. The summed E-state index contributed by atoms with van der Waals surface area (Å²) in [5, 5.41) is 3.44. The van der Waals surface area contributed by atoms with Crippen molar-refractivity contribution < 1.29 is 0 Å².